The predicted molar refractivity (Wildman–Crippen MR) is 119 cm³/mol. The molecule has 0 saturated heterocycles. The Morgan fingerprint density at radius 1 is 1.13 bits per heavy atom. The number of aromatic nitrogens is 3. The standard InChI is InChI=1S/C22H25N5O3S/c1-15-24-20(27-30-15)16-6-5-7-17(12-16)25-18(28)13-22(8-3-2-4-9-22)14-19(29)26-21-23-10-11-31-21/h5-7,10-12H,2-4,8-9,13-14H2,1H3,(H,25,28)(H,23,26,29). The molecular weight excluding hydrogens is 414 g/mol. The van der Waals surface area contributed by atoms with E-state index in [4.69, 9.17) is 4.52 Å². The van der Waals surface area contributed by atoms with Crippen molar-refractivity contribution in [2.75, 3.05) is 10.6 Å². The summed E-state index contributed by atoms with van der Waals surface area (Å²) in [6.45, 7) is 1.73. The summed E-state index contributed by atoms with van der Waals surface area (Å²) in [5.41, 5.74) is 1.11. The summed E-state index contributed by atoms with van der Waals surface area (Å²) in [7, 11) is 0. The summed E-state index contributed by atoms with van der Waals surface area (Å²) in [6.07, 6.45) is 7.24. The van der Waals surface area contributed by atoms with Gasteiger partial charge in [0.25, 0.3) is 0 Å². The molecule has 2 amide bonds. The maximum atomic E-state index is 12.9. The largest absolute Gasteiger partial charge is 0.339 e. The molecule has 2 aromatic heterocycles. The van der Waals surface area contributed by atoms with Gasteiger partial charge in [-0.15, -0.1) is 11.3 Å². The molecule has 8 nitrogen and oxygen atoms in total. The third kappa shape index (κ3) is 5.55. The highest BCUT2D eigenvalue weighted by Crippen LogP contribution is 2.43. The predicted octanol–water partition coefficient (Wildman–Crippen LogP) is 4.81. The Balaban J connectivity index is 1.42. The van der Waals surface area contributed by atoms with Crippen LogP contribution in [0, 0.1) is 12.3 Å². The van der Waals surface area contributed by atoms with E-state index in [9.17, 15) is 9.59 Å². The van der Waals surface area contributed by atoms with Crippen LogP contribution >= 0.6 is 11.3 Å². The Labute approximate surface area is 184 Å². The fourth-order valence-corrected chi connectivity index (χ4v) is 4.75. The molecule has 162 valence electrons. The first-order chi connectivity index (χ1) is 15.0. The summed E-state index contributed by atoms with van der Waals surface area (Å²) in [4.78, 5) is 33.9. The van der Waals surface area contributed by atoms with E-state index in [1.807, 2.05) is 29.6 Å². The summed E-state index contributed by atoms with van der Waals surface area (Å²) < 4.78 is 5.04. The van der Waals surface area contributed by atoms with Crippen molar-refractivity contribution in [3.05, 3.63) is 41.7 Å². The Hall–Kier alpha value is -3.07. The molecule has 0 aliphatic heterocycles. The molecule has 1 aromatic carbocycles. The number of carbonyl (C=O) groups excluding carboxylic acids is 2. The second-order valence-electron chi connectivity index (χ2n) is 8.07. The average molecular weight is 440 g/mol. The van der Waals surface area contributed by atoms with Crippen LogP contribution in [0.2, 0.25) is 0 Å². The molecule has 2 heterocycles. The Morgan fingerprint density at radius 2 is 1.90 bits per heavy atom. The molecule has 3 aromatic rings. The van der Waals surface area contributed by atoms with Crippen LogP contribution in [0.25, 0.3) is 11.4 Å². The van der Waals surface area contributed by atoms with E-state index >= 15 is 0 Å². The molecule has 1 aliphatic carbocycles. The molecule has 9 heteroatoms. The second kappa shape index (κ2) is 9.38. The molecule has 4 rings (SSSR count). The lowest BCUT2D eigenvalue weighted by molar-refractivity contribution is -0.122. The zero-order valence-electron chi connectivity index (χ0n) is 17.4. The summed E-state index contributed by atoms with van der Waals surface area (Å²) >= 11 is 1.39. The number of hydrogen-bond donors (Lipinski definition) is 2. The highest BCUT2D eigenvalue weighted by molar-refractivity contribution is 7.13. The summed E-state index contributed by atoms with van der Waals surface area (Å²) in [5, 5.41) is 12.2. The van der Waals surface area contributed by atoms with Crippen molar-refractivity contribution in [2.24, 2.45) is 5.41 Å². The molecule has 0 atom stereocenters. The monoisotopic (exact) mass is 439 g/mol. The van der Waals surface area contributed by atoms with E-state index in [1.54, 1.807) is 13.1 Å². The van der Waals surface area contributed by atoms with E-state index < -0.39 is 0 Å². The molecular formula is C22H25N5O3S. The number of hydrogen-bond acceptors (Lipinski definition) is 7. The van der Waals surface area contributed by atoms with Crippen LogP contribution in [0.3, 0.4) is 0 Å². The number of rotatable bonds is 7. The first-order valence-corrected chi connectivity index (χ1v) is 11.3. The zero-order chi connectivity index (χ0) is 21.7. The molecule has 1 saturated carbocycles. The van der Waals surface area contributed by atoms with E-state index in [0.717, 1.165) is 37.7 Å². The van der Waals surface area contributed by atoms with Crippen molar-refractivity contribution >= 4 is 34.0 Å². The SMILES string of the molecule is Cc1nc(-c2cccc(NC(=O)CC3(CC(=O)Nc4nccs4)CCCCC3)c2)no1. The third-order valence-corrected chi connectivity index (χ3v) is 6.28. The number of carbonyl (C=O) groups is 2. The van der Waals surface area contributed by atoms with Gasteiger partial charge in [-0.2, -0.15) is 4.98 Å². The molecule has 0 spiro atoms. The van der Waals surface area contributed by atoms with Gasteiger partial charge in [0.05, 0.1) is 0 Å². The highest BCUT2D eigenvalue weighted by Gasteiger charge is 2.36. The Morgan fingerprint density at radius 3 is 2.58 bits per heavy atom. The number of thiazole rings is 1. The number of nitrogens with one attached hydrogen (secondary N) is 2. The Bertz CT molecular complexity index is 1040. The number of benzene rings is 1. The van der Waals surface area contributed by atoms with Gasteiger partial charge in [0, 0.05) is 42.6 Å². The van der Waals surface area contributed by atoms with Crippen molar-refractivity contribution in [1.29, 1.82) is 0 Å². The lowest BCUT2D eigenvalue weighted by Gasteiger charge is -2.36. The Kier molecular flexibility index (Phi) is 6.41. The van der Waals surface area contributed by atoms with Crippen molar-refractivity contribution in [3.8, 4) is 11.4 Å². The van der Waals surface area contributed by atoms with Crippen LogP contribution in [-0.4, -0.2) is 26.9 Å². The molecule has 0 radical (unpaired) electrons. The van der Waals surface area contributed by atoms with Crippen LogP contribution in [0.5, 0.6) is 0 Å². The molecule has 2 N–H and O–H groups in total. The summed E-state index contributed by atoms with van der Waals surface area (Å²) in [5.74, 6) is 0.792. The first kappa shape index (κ1) is 21.2. The van der Waals surface area contributed by atoms with Gasteiger partial charge in [0.2, 0.25) is 23.5 Å². The van der Waals surface area contributed by atoms with Crippen molar-refractivity contribution in [2.45, 2.75) is 51.9 Å². The highest BCUT2D eigenvalue weighted by atomic mass is 32.1. The van der Waals surface area contributed by atoms with Crippen LogP contribution in [0.1, 0.15) is 50.8 Å². The van der Waals surface area contributed by atoms with Crippen LogP contribution < -0.4 is 10.6 Å². The smallest absolute Gasteiger partial charge is 0.226 e. The lowest BCUT2D eigenvalue weighted by atomic mass is 9.69. The minimum atomic E-state index is -0.327. The van der Waals surface area contributed by atoms with Crippen LogP contribution in [-0.2, 0) is 9.59 Å². The number of amides is 2. The van der Waals surface area contributed by atoms with E-state index in [-0.39, 0.29) is 17.2 Å². The third-order valence-electron chi connectivity index (χ3n) is 5.60. The molecule has 0 unspecified atom stereocenters. The van der Waals surface area contributed by atoms with Crippen molar-refractivity contribution < 1.29 is 14.1 Å². The zero-order valence-corrected chi connectivity index (χ0v) is 18.2. The molecule has 31 heavy (non-hydrogen) atoms. The maximum absolute atomic E-state index is 12.9. The molecule has 1 aliphatic rings. The van der Waals surface area contributed by atoms with Gasteiger partial charge in [-0.3, -0.25) is 9.59 Å². The normalized spacial score (nSPS) is 15.4. The van der Waals surface area contributed by atoms with E-state index in [0.29, 0.717) is 35.4 Å². The van der Waals surface area contributed by atoms with Gasteiger partial charge >= 0.3 is 0 Å². The van der Waals surface area contributed by atoms with Gasteiger partial charge in [-0.1, -0.05) is 36.6 Å². The van der Waals surface area contributed by atoms with Gasteiger partial charge in [0.1, 0.15) is 0 Å². The van der Waals surface area contributed by atoms with Crippen LogP contribution in [0.4, 0.5) is 10.8 Å². The van der Waals surface area contributed by atoms with Crippen molar-refractivity contribution in [3.63, 3.8) is 0 Å². The topological polar surface area (TPSA) is 110 Å². The van der Waals surface area contributed by atoms with Crippen LogP contribution in [0.15, 0.2) is 40.4 Å². The number of aryl methyl sites for hydroxylation is 1. The number of nitrogens with zero attached hydrogens (tertiary/aromatic N) is 3. The lowest BCUT2D eigenvalue weighted by Crippen LogP contribution is -2.34. The van der Waals surface area contributed by atoms with Gasteiger partial charge in [0.15, 0.2) is 5.13 Å². The number of anilines is 2. The summed E-state index contributed by atoms with van der Waals surface area (Å²) in [6, 6.07) is 7.36. The minimum absolute atomic E-state index is 0.0841. The van der Waals surface area contributed by atoms with Gasteiger partial charge < -0.3 is 15.2 Å². The quantitative estimate of drug-likeness (QED) is 0.547. The maximum Gasteiger partial charge on any atom is 0.226 e. The van der Waals surface area contributed by atoms with E-state index in [2.05, 4.69) is 25.8 Å². The molecule has 0 bridgehead atoms. The fourth-order valence-electron chi connectivity index (χ4n) is 4.21. The van der Waals surface area contributed by atoms with Gasteiger partial charge in [-0.05, 0) is 30.4 Å². The van der Waals surface area contributed by atoms with Crippen molar-refractivity contribution in [1.82, 2.24) is 15.1 Å². The second-order valence-corrected chi connectivity index (χ2v) is 8.96. The first-order valence-electron chi connectivity index (χ1n) is 10.4. The van der Waals surface area contributed by atoms with Gasteiger partial charge in [-0.25, -0.2) is 4.98 Å². The molecule has 1 fully saturated rings. The average Bonchev–Trinajstić information content (AvgIpc) is 3.40. The fraction of sp³-hybridized carbons (Fsp3) is 0.409. The minimum Gasteiger partial charge on any atom is -0.339 e. The van der Waals surface area contributed by atoms with E-state index in [1.165, 1.54) is 11.3 Å².